The molecule has 0 radical (unpaired) electrons. The van der Waals surface area contributed by atoms with E-state index < -0.39 is 4.92 Å². The van der Waals surface area contributed by atoms with E-state index in [4.69, 9.17) is 4.84 Å². The lowest BCUT2D eigenvalue weighted by molar-refractivity contribution is -0.389. The Morgan fingerprint density at radius 2 is 2.40 bits per heavy atom. The van der Waals surface area contributed by atoms with Crippen molar-refractivity contribution in [1.82, 2.24) is 9.55 Å². The summed E-state index contributed by atoms with van der Waals surface area (Å²) in [6.07, 6.45) is 1.32. The lowest BCUT2D eigenvalue weighted by Gasteiger charge is -2.00. The smallest absolute Gasteiger partial charge is 0.374 e. The number of nitrogens with zero attached hydrogens (tertiary/aromatic N) is 4. The molecule has 0 saturated heterocycles. The van der Waals surface area contributed by atoms with Crippen LogP contribution in [-0.2, 0) is 11.6 Å². The van der Waals surface area contributed by atoms with Gasteiger partial charge in [-0.1, -0.05) is 5.16 Å². The lowest BCUT2D eigenvalue weighted by atomic mass is 10.5. The van der Waals surface area contributed by atoms with E-state index in [1.807, 2.05) is 0 Å². The summed E-state index contributed by atoms with van der Waals surface area (Å²) >= 11 is 0. The summed E-state index contributed by atoms with van der Waals surface area (Å²) in [5, 5.41) is 14.1. The molecular formula is C8H12N4O3. The van der Waals surface area contributed by atoms with Crippen molar-refractivity contribution in [1.29, 1.82) is 0 Å². The second kappa shape index (κ2) is 4.54. The summed E-state index contributed by atoms with van der Waals surface area (Å²) in [6.45, 7) is 5.38. The monoisotopic (exact) mass is 212 g/mol. The van der Waals surface area contributed by atoms with Gasteiger partial charge in [0.1, 0.15) is 6.20 Å². The minimum Gasteiger partial charge on any atom is -0.374 e. The van der Waals surface area contributed by atoms with Crippen LogP contribution in [0.5, 0.6) is 0 Å². The highest BCUT2D eigenvalue weighted by Crippen LogP contribution is 2.10. The van der Waals surface area contributed by atoms with Crippen LogP contribution >= 0.6 is 0 Å². The van der Waals surface area contributed by atoms with Crippen molar-refractivity contribution >= 4 is 11.5 Å². The van der Waals surface area contributed by atoms with Crippen LogP contribution in [0.1, 0.15) is 19.7 Å². The molecule has 0 fully saturated rings. The normalized spacial score (nSPS) is 9.80. The molecule has 0 aliphatic carbocycles. The average molecular weight is 212 g/mol. The highest BCUT2D eigenvalue weighted by Gasteiger charge is 2.14. The molecular weight excluding hydrogens is 200 g/mol. The van der Waals surface area contributed by atoms with Crippen LogP contribution in [0.15, 0.2) is 11.4 Å². The van der Waals surface area contributed by atoms with Crippen molar-refractivity contribution in [2.75, 3.05) is 0 Å². The molecule has 1 aromatic heterocycles. The van der Waals surface area contributed by atoms with Crippen molar-refractivity contribution in [3.63, 3.8) is 0 Å². The summed E-state index contributed by atoms with van der Waals surface area (Å²) in [5.74, 6) is 0.332. The maximum Gasteiger partial charge on any atom is 0.381 e. The van der Waals surface area contributed by atoms with E-state index in [9.17, 15) is 10.1 Å². The lowest BCUT2D eigenvalue weighted by Crippen LogP contribution is -2.01. The van der Waals surface area contributed by atoms with Gasteiger partial charge in [0, 0.05) is 6.92 Å². The summed E-state index contributed by atoms with van der Waals surface area (Å²) < 4.78 is 1.52. The van der Waals surface area contributed by atoms with Gasteiger partial charge < -0.3 is 15.0 Å². The fourth-order valence-corrected chi connectivity index (χ4v) is 0.930. The molecule has 15 heavy (non-hydrogen) atoms. The molecule has 1 aromatic rings. The summed E-state index contributed by atoms with van der Waals surface area (Å²) in [4.78, 5) is 18.6. The third kappa shape index (κ3) is 3.04. The van der Waals surface area contributed by atoms with Crippen molar-refractivity contribution in [2.24, 2.45) is 5.16 Å². The Bertz CT molecular complexity index is 393. The zero-order valence-corrected chi connectivity index (χ0v) is 8.80. The molecule has 0 atom stereocenters. The van der Waals surface area contributed by atoms with E-state index in [-0.39, 0.29) is 12.5 Å². The Balaban J connectivity index is 2.69. The van der Waals surface area contributed by atoms with Gasteiger partial charge >= 0.3 is 5.82 Å². The SMILES string of the molecule is CC(C)=NOCn1cc([N+](=O)[O-])nc1C. The maximum atomic E-state index is 10.4. The van der Waals surface area contributed by atoms with Gasteiger partial charge in [-0.15, -0.1) is 0 Å². The first-order chi connectivity index (χ1) is 7.00. The van der Waals surface area contributed by atoms with Crippen molar-refractivity contribution in [3.8, 4) is 0 Å². The molecule has 7 heteroatoms. The first kappa shape index (κ1) is 11.2. The molecule has 0 amide bonds. The molecule has 0 aromatic carbocycles. The number of aryl methyl sites for hydroxylation is 1. The fraction of sp³-hybridized carbons (Fsp3) is 0.500. The maximum absolute atomic E-state index is 10.4. The van der Waals surface area contributed by atoms with Gasteiger partial charge in [-0.25, -0.2) is 0 Å². The summed E-state index contributed by atoms with van der Waals surface area (Å²) in [7, 11) is 0. The Morgan fingerprint density at radius 3 is 2.87 bits per heavy atom. The van der Waals surface area contributed by atoms with Crippen molar-refractivity contribution in [2.45, 2.75) is 27.5 Å². The van der Waals surface area contributed by atoms with Crippen molar-refractivity contribution < 1.29 is 9.76 Å². The number of hydrogen-bond acceptors (Lipinski definition) is 5. The quantitative estimate of drug-likeness (QED) is 0.430. The van der Waals surface area contributed by atoms with Gasteiger partial charge in [0.15, 0.2) is 6.73 Å². The van der Waals surface area contributed by atoms with E-state index in [1.165, 1.54) is 10.8 Å². The number of nitro groups is 1. The topological polar surface area (TPSA) is 82.5 Å². The van der Waals surface area contributed by atoms with Gasteiger partial charge in [-0.05, 0) is 23.8 Å². The van der Waals surface area contributed by atoms with Gasteiger partial charge in [-0.2, -0.15) is 0 Å². The second-order valence-electron chi connectivity index (χ2n) is 3.17. The summed E-state index contributed by atoms with van der Waals surface area (Å²) in [6, 6.07) is 0. The molecule has 82 valence electrons. The van der Waals surface area contributed by atoms with E-state index in [0.717, 1.165) is 5.71 Å². The number of hydrogen-bond donors (Lipinski definition) is 0. The number of aromatic nitrogens is 2. The number of oxime groups is 1. The molecule has 7 nitrogen and oxygen atoms in total. The third-order valence-electron chi connectivity index (χ3n) is 1.59. The Hall–Kier alpha value is -1.92. The van der Waals surface area contributed by atoms with Gasteiger partial charge in [0.05, 0.1) is 5.71 Å². The molecule has 0 N–H and O–H groups in total. The van der Waals surface area contributed by atoms with Gasteiger partial charge in [0.25, 0.3) is 0 Å². The summed E-state index contributed by atoms with van der Waals surface area (Å²) in [5.41, 5.74) is 0.780. The third-order valence-corrected chi connectivity index (χ3v) is 1.59. The van der Waals surface area contributed by atoms with E-state index in [2.05, 4.69) is 10.1 Å². The fourth-order valence-electron chi connectivity index (χ4n) is 0.930. The minimum atomic E-state index is -0.544. The van der Waals surface area contributed by atoms with Gasteiger partial charge in [-0.3, -0.25) is 4.57 Å². The standard InChI is InChI=1S/C8H12N4O3/c1-6(2)10-15-5-11-4-8(12(13)14)9-7(11)3/h4H,5H2,1-3H3. The second-order valence-corrected chi connectivity index (χ2v) is 3.17. The molecule has 0 saturated carbocycles. The molecule has 0 spiro atoms. The Kier molecular flexibility index (Phi) is 3.37. The largest absolute Gasteiger partial charge is 0.381 e. The van der Waals surface area contributed by atoms with Crippen LogP contribution in [0, 0.1) is 17.0 Å². The molecule has 1 heterocycles. The van der Waals surface area contributed by atoms with Crippen LogP contribution in [0.4, 0.5) is 5.82 Å². The predicted molar refractivity (Wildman–Crippen MR) is 53.5 cm³/mol. The van der Waals surface area contributed by atoms with E-state index in [1.54, 1.807) is 20.8 Å². The number of rotatable bonds is 4. The minimum absolute atomic E-state index is 0.123. The molecule has 0 unspecified atom stereocenters. The Morgan fingerprint density at radius 1 is 1.73 bits per heavy atom. The molecule has 0 aliphatic heterocycles. The molecule has 0 aliphatic rings. The molecule has 1 rings (SSSR count). The Labute approximate surface area is 86.5 Å². The number of imidazole rings is 1. The first-order valence-electron chi connectivity index (χ1n) is 4.32. The van der Waals surface area contributed by atoms with Crippen LogP contribution in [0.25, 0.3) is 0 Å². The van der Waals surface area contributed by atoms with Gasteiger partial charge in [0.2, 0.25) is 5.82 Å². The highest BCUT2D eigenvalue weighted by atomic mass is 16.6. The predicted octanol–water partition coefficient (Wildman–Crippen LogP) is 1.47. The van der Waals surface area contributed by atoms with E-state index >= 15 is 0 Å². The van der Waals surface area contributed by atoms with Crippen LogP contribution < -0.4 is 0 Å². The van der Waals surface area contributed by atoms with Crippen LogP contribution in [-0.4, -0.2) is 20.2 Å². The first-order valence-corrected chi connectivity index (χ1v) is 4.32. The zero-order chi connectivity index (χ0) is 11.4. The average Bonchev–Trinajstić information content (AvgIpc) is 2.47. The zero-order valence-electron chi connectivity index (χ0n) is 8.80. The molecule has 0 bridgehead atoms. The highest BCUT2D eigenvalue weighted by molar-refractivity contribution is 5.78. The van der Waals surface area contributed by atoms with Crippen LogP contribution in [0.2, 0.25) is 0 Å². The van der Waals surface area contributed by atoms with Crippen LogP contribution in [0.3, 0.4) is 0 Å². The van der Waals surface area contributed by atoms with E-state index in [0.29, 0.717) is 5.82 Å². The van der Waals surface area contributed by atoms with Crippen molar-refractivity contribution in [3.05, 3.63) is 22.1 Å².